The highest BCUT2D eigenvalue weighted by Gasteiger charge is 2.39. The third-order valence-corrected chi connectivity index (χ3v) is 13.0. The van der Waals surface area contributed by atoms with Crippen molar-refractivity contribution < 1.29 is 27.1 Å². The molecule has 240 valence electrons. The monoisotopic (exact) mass is 640 g/mol. The number of carbonyl (C=O) groups is 1. The number of rotatable bonds is 15. The summed E-state index contributed by atoms with van der Waals surface area (Å²) in [4.78, 5) is 11.6. The minimum Gasteiger partial charge on any atom is -0.487 e. The quantitative estimate of drug-likeness (QED) is 0.142. The second kappa shape index (κ2) is 15.2. The zero-order valence-corrected chi connectivity index (χ0v) is 29.1. The lowest BCUT2D eigenvalue weighted by Crippen LogP contribution is -2.44. The fourth-order valence-electron chi connectivity index (χ4n) is 4.41. The molecule has 0 aliphatic heterocycles. The maximum Gasteiger partial charge on any atom is 0.309 e. The van der Waals surface area contributed by atoms with Crippen LogP contribution in [0.2, 0.25) is 18.1 Å². The normalized spacial score (nSPS) is 13.6. The summed E-state index contributed by atoms with van der Waals surface area (Å²) in [6.45, 7) is 14.0. The van der Waals surface area contributed by atoms with E-state index in [1.54, 1.807) is 0 Å². The maximum atomic E-state index is 12.3. The van der Waals surface area contributed by atoms with Crippen molar-refractivity contribution in [3.05, 3.63) is 95.1 Å². The van der Waals surface area contributed by atoms with Gasteiger partial charge in [-0.2, -0.15) is 0 Å². The molecule has 0 aliphatic rings. The molecule has 3 rings (SSSR count). The van der Waals surface area contributed by atoms with E-state index >= 15 is 0 Å². The Kier molecular flexibility index (Phi) is 12.2. The van der Waals surface area contributed by atoms with E-state index in [-0.39, 0.29) is 29.6 Å². The molecule has 10 heteroatoms. The van der Waals surface area contributed by atoms with E-state index in [0.29, 0.717) is 24.6 Å². The Hall–Kier alpha value is -3.18. The number of benzene rings is 3. The van der Waals surface area contributed by atoms with E-state index in [1.165, 1.54) is 7.11 Å². The smallest absolute Gasteiger partial charge is 0.309 e. The molecule has 0 heterocycles. The van der Waals surface area contributed by atoms with Crippen LogP contribution in [-0.4, -0.2) is 48.7 Å². The predicted molar refractivity (Wildman–Crippen MR) is 180 cm³/mol. The Morgan fingerprint density at radius 1 is 0.932 bits per heavy atom. The molecule has 0 aromatic heterocycles. The van der Waals surface area contributed by atoms with Gasteiger partial charge in [-0.05, 0) is 65.9 Å². The molecule has 0 bridgehead atoms. The molecule has 44 heavy (non-hydrogen) atoms. The average Bonchev–Trinajstić information content (AvgIpc) is 2.94. The summed E-state index contributed by atoms with van der Waals surface area (Å²) in [5, 5.41) is 3.62. The van der Waals surface area contributed by atoms with Gasteiger partial charge in [0.05, 0.1) is 31.6 Å². The van der Waals surface area contributed by atoms with Gasteiger partial charge < -0.3 is 19.2 Å². The summed E-state index contributed by atoms with van der Waals surface area (Å²) in [5.41, 5.74) is 4.29. The largest absolute Gasteiger partial charge is 0.487 e. The number of hydrogen-bond acceptors (Lipinski definition) is 7. The highest BCUT2D eigenvalue weighted by Crippen LogP contribution is 2.40. The Bertz CT molecular complexity index is 1470. The van der Waals surface area contributed by atoms with Crippen LogP contribution in [0, 0.1) is 0 Å². The number of ether oxygens (including phenoxy) is 2. The summed E-state index contributed by atoms with van der Waals surface area (Å²) in [5.74, 6) is 0.192. The Morgan fingerprint density at radius 3 is 2.16 bits per heavy atom. The van der Waals surface area contributed by atoms with Gasteiger partial charge in [-0.25, -0.2) is 8.42 Å². The predicted octanol–water partition coefficient (Wildman–Crippen LogP) is 6.64. The number of nitrogens with one attached hydrogen (secondary N) is 2. The molecule has 2 atom stereocenters. The zero-order valence-electron chi connectivity index (χ0n) is 27.3. The lowest BCUT2D eigenvalue weighted by Gasteiger charge is -2.40. The molecule has 0 saturated heterocycles. The average molecular weight is 641 g/mol. The van der Waals surface area contributed by atoms with Gasteiger partial charge in [0, 0.05) is 12.6 Å². The van der Waals surface area contributed by atoms with Crippen LogP contribution in [0.15, 0.2) is 72.8 Å². The van der Waals surface area contributed by atoms with Crippen molar-refractivity contribution in [2.45, 2.75) is 77.4 Å². The van der Waals surface area contributed by atoms with Crippen LogP contribution in [0.5, 0.6) is 5.75 Å². The summed E-state index contributed by atoms with van der Waals surface area (Å²) < 4.78 is 45.0. The van der Waals surface area contributed by atoms with Gasteiger partial charge in [0.1, 0.15) is 12.4 Å². The SMILES string of the molecule is COC(=O)Cc1ccc(C[C@@H](C)NC[C@H](O[Si](C)(C)C(C)(C)C)c2ccc(OCc3ccccc3)c(NS(C)(=O)=O)c2)cc1. The molecule has 0 spiro atoms. The van der Waals surface area contributed by atoms with E-state index in [4.69, 9.17) is 13.9 Å². The molecule has 2 N–H and O–H groups in total. The van der Waals surface area contributed by atoms with E-state index in [9.17, 15) is 13.2 Å². The number of carbonyl (C=O) groups excluding carboxylic acids is 1. The van der Waals surface area contributed by atoms with Crippen LogP contribution in [0.4, 0.5) is 5.69 Å². The second-order valence-corrected chi connectivity index (χ2v) is 19.4. The summed E-state index contributed by atoms with van der Waals surface area (Å²) in [6, 6.07) is 23.5. The van der Waals surface area contributed by atoms with Gasteiger partial charge in [0.15, 0.2) is 8.32 Å². The minimum atomic E-state index is -3.56. The van der Waals surface area contributed by atoms with E-state index in [0.717, 1.165) is 34.9 Å². The first kappa shape index (κ1) is 35.3. The molecule has 3 aromatic rings. The van der Waals surface area contributed by atoms with Gasteiger partial charge in [0.2, 0.25) is 10.0 Å². The first-order chi connectivity index (χ1) is 20.6. The van der Waals surface area contributed by atoms with Crippen molar-refractivity contribution in [1.29, 1.82) is 0 Å². The molecular formula is C34H48N2O6SSi. The molecule has 0 aliphatic carbocycles. The van der Waals surface area contributed by atoms with Crippen LogP contribution >= 0.6 is 0 Å². The molecule has 0 amide bonds. The molecule has 0 fully saturated rings. The van der Waals surface area contributed by atoms with Crippen molar-refractivity contribution >= 4 is 30.0 Å². The standard InChI is InChI=1S/C34H48N2O6SSi/c1-25(20-26-14-16-27(17-15-26)21-33(37)40-5)35-23-32(42-44(7,8)34(2,3)4)29-18-19-31(30(22-29)36-43(6,38)39)41-24-28-12-10-9-11-13-28/h9-19,22,25,32,35-36H,20-21,23-24H2,1-8H3/t25-,32+/m1/s1. The summed E-state index contributed by atoms with van der Waals surface area (Å²) in [7, 11) is -4.37. The van der Waals surface area contributed by atoms with Crippen LogP contribution in [0.25, 0.3) is 0 Å². The summed E-state index contributed by atoms with van der Waals surface area (Å²) in [6.07, 6.45) is 1.86. The maximum absolute atomic E-state index is 12.3. The van der Waals surface area contributed by atoms with Crippen molar-refractivity contribution in [2.75, 3.05) is 24.6 Å². The number of esters is 1. The third-order valence-electron chi connectivity index (χ3n) is 7.94. The highest BCUT2D eigenvalue weighted by molar-refractivity contribution is 7.92. The number of hydrogen-bond donors (Lipinski definition) is 2. The second-order valence-electron chi connectivity index (χ2n) is 12.9. The lowest BCUT2D eigenvalue weighted by molar-refractivity contribution is -0.139. The van der Waals surface area contributed by atoms with Gasteiger partial charge in [-0.3, -0.25) is 9.52 Å². The van der Waals surface area contributed by atoms with Crippen LogP contribution < -0.4 is 14.8 Å². The zero-order chi connectivity index (χ0) is 32.5. The fourth-order valence-corrected chi connectivity index (χ4v) is 6.26. The number of anilines is 1. The fraction of sp³-hybridized carbons (Fsp3) is 0.441. The molecule has 3 aromatic carbocycles. The van der Waals surface area contributed by atoms with Crippen molar-refractivity contribution in [3.8, 4) is 5.75 Å². The first-order valence-corrected chi connectivity index (χ1v) is 19.7. The highest BCUT2D eigenvalue weighted by atomic mass is 32.2. The van der Waals surface area contributed by atoms with Crippen molar-refractivity contribution in [1.82, 2.24) is 5.32 Å². The van der Waals surface area contributed by atoms with E-state index in [2.05, 4.69) is 50.8 Å². The topological polar surface area (TPSA) is 103 Å². The Labute approximate surface area is 264 Å². The Morgan fingerprint density at radius 2 is 1.57 bits per heavy atom. The number of sulfonamides is 1. The van der Waals surface area contributed by atoms with Crippen LogP contribution in [-0.2, 0) is 43.4 Å². The van der Waals surface area contributed by atoms with Gasteiger partial charge in [0.25, 0.3) is 0 Å². The molecule has 0 radical (unpaired) electrons. The Balaban J connectivity index is 1.82. The van der Waals surface area contributed by atoms with Crippen LogP contribution in [0.3, 0.4) is 0 Å². The van der Waals surface area contributed by atoms with Gasteiger partial charge >= 0.3 is 5.97 Å². The molecular weight excluding hydrogens is 593 g/mol. The van der Waals surface area contributed by atoms with E-state index in [1.807, 2.05) is 72.8 Å². The first-order valence-electron chi connectivity index (χ1n) is 14.9. The molecule has 0 saturated carbocycles. The van der Waals surface area contributed by atoms with Gasteiger partial charge in [-0.15, -0.1) is 0 Å². The summed E-state index contributed by atoms with van der Waals surface area (Å²) >= 11 is 0. The van der Waals surface area contributed by atoms with Gasteiger partial charge in [-0.1, -0.05) is 81.4 Å². The van der Waals surface area contributed by atoms with Crippen molar-refractivity contribution in [2.24, 2.45) is 0 Å². The van der Waals surface area contributed by atoms with E-state index < -0.39 is 18.3 Å². The lowest BCUT2D eigenvalue weighted by atomic mass is 10.0. The third kappa shape index (κ3) is 11.1. The van der Waals surface area contributed by atoms with Crippen molar-refractivity contribution in [3.63, 3.8) is 0 Å². The molecule has 8 nitrogen and oxygen atoms in total. The molecule has 0 unspecified atom stereocenters. The minimum absolute atomic E-state index is 0.0185. The van der Waals surface area contributed by atoms with Crippen LogP contribution in [0.1, 0.15) is 56.1 Å². The number of methoxy groups -OCH3 is 1.